The highest BCUT2D eigenvalue weighted by molar-refractivity contribution is 5.99. The van der Waals surface area contributed by atoms with E-state index in [4.69, 9.17) is 0 Å². The van der Waals surface area contributed by atoms with Crippen molar-refractivity contribution < 1.29 is 9.59 Å². The van der Waals surface area contributed by atoms with Gasteiger partial charge in [0.1, 0.15) is 0 Å². The monoisotopic (exact) mass is 441 g/mol. The fraction of sp³-hybridized carbons (Fsp3) is 0.440. The molecule has 0 aromatic heterocycles. The lowest BCUT2D eigenvalue weighted by molar-refractivity contribution is -0.116. The molecule has 2 heterocycles. The van der Waals surface area contributed by atoms with Crippen LogP contribution in [0.15, 0.2) is 42.5 Å². The summed E-state index contributed by atoms with van der Waals surface area (Å²) in [5.74, 6) is 0.173. The first-order valence-corrected chi connectivity index (χ1v) is 11.0. The number of halogens is 1. The zero-order chi connectivity index (χ0) is 21.1. The Morgan fingerprint density at radius 3 is 2.55 bits per heavy atom. The van der Waals surface area contributed by atoms with Crippen molar-refractivity contribution >= 4 is 29.9 Å². The van der Waals surface area contributed by atoms with E-state index in [9.17, 15) is 9.59 Å². The van der Waals surface area contributed by atoms with Crippen molar-refractivity contribution in [2.24, 2.45) is 0 Å². The Kier molecular flexibility index (Phi) is 7.74. The normalized spacial score (nSPS) is 16.5. The smallest absolute Gasteiger partial charge is 0.253 e. The van der Waals surface area contributed by atoms with Gasteiger partial charge in [-0.25, -0.2) is 0 Å². The van der Waals surface area contributed by atoms with Gasteiger partial charge < -0.3 is 15.1 Å². The van der Waals surface area contributed by atoms with E-state index >= 15 is 0 Å². The number of hydrogen-bond acceptors (Lipinski definition) is 3. The highest BCUT2D eigenvalue weighted by atomic mass is 35.5. The van der Waals surface area contributed by atoms with Crippen LogP contribution in [0.4, 0.5) is 5.69 Å². The molecule has 1 saturated heterocycles. The van der Waals surface area contributed by atoms with Crippen molar-refractivity contribution in [3.8, 4) is 0 Å². The van der Waals surface area contributed by atoms with Gasteiger partial charge in [-0.3, -0.25) is 9.59 Å². The topological polar surface area (TPSA) is 52.7 Å². The van der Waals surface area contributed by atoms with Crippen LogP contribution < -0.4 is 5.32 Å². The molecule has 0 bridgehead atoms. The molecule has 2 aromatic rings. The second-order valence-corrected chi connectivity index (χ2v) is 8.62. The van der Waals surface area contributed by atoms with Gasteiger partial charge in [0.15, 0.2) is 0 Å². The summed E-state index contributed by atoms with van der Waals surface area (Å²) in [4.78, 5) is 29.2. The molecule has 166 valence electrons. The quantitative estimate of drug-likeness (QED) is 0.760. The van der Waals surface area contributed by atoms with E-state index in [1.54, 1.807) is 0 Å². The number of aryl methyl sites for hydroxylation is 2. The van der Waals surface area contributed by atoms with Crippen molar-refractivity contribution in [3.63, 3.8) is 0 Å². The summed E-state index contributed by atoms with van der Waals surface area (Å²) in [5.41, 5.74) is 5.06. The van der Waals surface area contributed by atoms with Gasteiger partial charge in [-0.2, -0.15) is 0 Å². The van der Waals surface area contributed by atoms with Gasteiger partial charge in [0.2, 0.25) is 5.91 Å². The number of anilines is 1. The van der Waals surface area contributed by atoms with Gasteiger partial charge in [0.05, 0.1) is 0 Å². The highest BCUT2D eigenvalue weighted by Crippen LogP contribution is 2.29. The zero-order valence-electron chi connectivity index (χ0n) is 18.4. The molecule has 6 heteroatoms. The minimum absolute atomic E-state index is 0. The fourth-order valence-electron chi connectivity index (χ4n) is 4.63. The van der Waals surface area contributed by atoms with Crippen molar-refractivity contribution in [1.29, 1.82) is 0 Å². The number of benzene rings is 2. The lowest BCUT2D eigenvalue weighted by Crippen LogP contribution is -2.46. The molecular weight excluding hydrogens is 410 g/mol. The molecule has 2 amide bonds. The van der Waals surface area contributed by atoms with Crippen LogP contribution in [0.2, 0.25) is 0 Å². The van der Waals surface area contributed by atoms with Gasteiger partial charge in [0.25, 0.3) is 5.91 Å². The Morgan fingerprint density at radius 1 is 1.13 bits per heavy atom. The van der Waals surface area contributed by atoms with Crippen LogP contribution in [0, 0.1) is 6.92 Å². The van der Waals surface area contributed by atoms with E-state index in [1.807, 2.05) is 24.0 Å². The first-order valence-electron chi connectivity index (χ1n) is 11.0. The van der Waals surface area contributed by atoms with Crippen LogP contribution in [0.1, 0.15) is 46.3 Å². The summed E-state index contributed by atoms with van der Waals surface area (Å²) >= 11 is 0. The minimum atomic E-state index is 0. The number of amides is 2. The average molecular weight is 442 g/mol. The Balaban J connectivity index is 0.00000272. The standard InChI is InChI=1S/C25H31N3O2.ClH/c1-18-16-21(17-20-8-9-23(29)26-24(18)20)25(30)28-14-11-22(12-15-28)27(2)13-10-19-6-4-3-5-7-19;/h3-7,16-17,22H,8-15H2,1-2H3,(H,26,29);1H. The van der Waals surface area contributed by atoms with E-state index in [0.717, 1.165) is 61.3 Å². The number of likely N-dealkylation sites (N-methyl/N-ethyl adjacent to an activating group) is 1. The van der Waals surface area contributed by atoms with E-state index in [1.165, 1.54) is 5.56 Å². The summed E-state index contributed by atoms with van der Waals surface area (Å²) < 4.78 is 0. The maximum absolute atomic E-state index is 13.1. The van der Waals surface area contributed by atoms with Gasteiger partial charge in [-0.1, -0.05) is 30.3 Å². The second-order valence-electron chi connectivity index (χ2n) is 8.62. The van der Waals surface area contributed by atoms with E-state index in [2.05, 4.69) is 47.6 Å². The number of nitrogens with one attached hydrogen (secondary N) is 1. The number of piperidine rings is 1. The Bertz CT molecular complexity index is 924. The minimum Gasteiger partial charge on any atom is -0.339 e. The third kappa shape index (κ3) is 5.46. The van der Waals surface area contributed by atoms with E-state index in [0.29, 0.717) is 18.9 Å². The predicted molar refractivity (Wildman–Crippen MR) is 127 cm³/mol. The Labute approximate surface area is 191 Å². The van der Waals surface area contributed by atoms with Gasteiger partial charge >= 0.3 is 0 Å². The lowest BCUT2D eigenvalue weighted by Gasteiger charge is -2.37. The largest absolute Gasteiger partial charge is 0.339 e. The molecule has 2 aromatic carbocycles. The Morgan fingerprint density at radius 2 is 1.84 bits per heavy atom. The molecule has 4 rings (SSSR count). The molecule has 0 atom stereocenters. The SMILES string of the molecule is Cc1cc(C(=O)N2CCC(N(C)CCc3ccccc3)CC2)cc2c1NC(=O)CC2.Cl. The van der Waals surface area contributed by atoms with Crippen LogP contribution in [0.3, 0.4) is 0 Å². The first kappa shape index (κ1) is 23.3. The molecule has 2 aliphatic rings. The van der Waals surface area contributed by atoms with Crippen LogP contribution in [0.5, 0.6) is 0 Å². The lowest BCUT2D eigenvalue weighted by atomic mass is 9.95. The molecule has 31 heavy (non-hydrogen) atoms. The van der Waals surface area contributed by atoms with Crippen molar-refractivity contribution in [1.82, 2.24) is 9.80 Å². The molecule has 0 unspecified atom stereocenters. The molecule has 0 saturated carbocycles. The number of likely N-dealkylation sites (tertiary alicyclic amines) is 1. The summed E-state index contributed by atoms with van der Waals surface area (Å²) in [6.45, 7) is 4.60. The number of carbonyl (C=O) groups is 2. The number of hydrogen-bond donors (Lipinski definition) is 1. The zero-order valence-corrected chi connectivity index (χ0v) is 19.2. The maximum Gasteiger partial charge on any atom is 0.253 e. The molecule has 2 aliphatic heterocycles. The van der Waals surface area contributed by atoms with Crippen LogP contribution >= 0.6 is 12.4 Å². The molecule has 0 radical (unpaired) electrons. The predicted octanol–water partition coefficient (Wildman–Crippen LogP) is 4.08. The van der Waals surface area contributed by atoms with Gasteiger partial charge in [-0.15, -0.1) is 12.4 Å². The Hall–Kier alpha value is -2.37. The number of rotatable bonds is 5. The van der Waals surface area contributed by atoms with Crippen molar-refractivity contribution in [3.05, 3.63) is 64.7 Å². The van der Waals surface area contributed by atoms with E-state index in [-0.39, 0.29) is 24.2 Å². The van der Waals surface area contributed by atoms with Crippen LogP contribution in [0.25, 0.3) is 0 Å². The number of fused-ring (bicyclic) bond motifs is 1. The first-order chi connectivity index (χ1) is 14.5. The molecule has 5 nitrogen and oxygen atoms in total. The molecule has 0 aliphatic carbocycles. The highest BCUT2D eigenvalue weighted by Gasteiger charge is 2.27. The maximum atomic E-state index is 13.1. The van der Waals surface area contributed by atoms with Gasteiger partial charge in [0, 0.05) is 43.3 Å². The summed E-state index contributed by atoms with van der Waals surface area (Å²) in [6, 6.07) is 15.0. The van der Waals surface area contributed by atoms with Crippen molar-refractivity contribution in [2.45, 2.75) is 45.1 Å². The summed E-state index contributed by atoms with van der Waals surface area (Å²) in [6.07, 6.45) is 4.28. The van der Waals surface area contributed by atoms with Crippen LogP contribution in [-0.4, -0.2) is 54.3 Å². The van der Waals surface area contributed by atoms with Crippen LogP contribution in [-0.2, 0) is 17.6 Å². The molecule has 0 spiro atoms. The molecule has 1 fully saturated rings. The number of nitrogens with zero attached hydrogens (tertiary/aromatic N) is 2. The van der Waals surface area contributed by atoms with Gasteiger partial charge in [-0.05, 0) is 68.5 Å². The molecule has 1 N–H and O–H groups in total. The number of carbonyl (C=O) groups excluding carboxylic acids is 2. The van der Waals surface area contributed by atoms with Crippen molar-refractivity contribution in [2.75, 3.05) is 32.0 Å². The average Bonchev–Trinajstić information content (AvgIpc) is 2.78. The third-order valence-corrected chi connectivity index (χ3v) is 6.52. The van der Waals surface area contributed by atoms with E-state index < -0.39 is 0 Å². The molecular formula is C25H32ClN3O2. The second kappa shape index (κ2) is 10.3. The third-order valence-electron chi connectivity index (χ3n) is 6.52. The summed E-state index contributed by atoms with van der Waals surface area (Å²) in [7, 11) is 2.20. The summed E-state index contributed by atoms with van der Waals surface area (Å²) in [5, 5.41) is 2.95. The fourth-order valence-corrected chi connectivity index (χ4v) is 4.63.